The van der Waals surface area contributed by atoms with Gasteiger partial charge in [-0.15, -0.1) is 11.8 Å². The van der Waals surface area contributed by atoms with Gasteiger partial charge in [-0.05, 0) is 35.9 Å². The Morgan fingerprint density at radius 2 is 1.88 bits per heavy atom. The Morgan fingerprint density at radius 1 is 1.06 bits per heavy atom. The Morgan fingerprint density at radius 3 is 2.62 bits per heavy atom. The normalized spacial score (nSPS) is 11.7. The Kier molecular flexibility index (Phi) is 9.58. The molecule has 3 aromatic rings. The molecular weight excluding hydrogens is 460 g/mol. The van der Waals surface area contributed by atoms with Crippen LogP contribution in [0.5, 0.6) is 0 Å². The van der Waals surface area contributed by atoms with Crippen molar-refractivity contribution in [1.82, 2.24) is 9.36 Å². The summed E-state index contributed by atoms with van der Waals surface area (Å²) in [5.74, 6) is 0.712. The molecule has 1 heterocycles. The van der Waals surface area contributed by atoms with Crippen molar-refractivity contribution < 1.29 is 9.59 Å². The second-order valence-corrected chi connectivity index (χ2v) is 10.1. The second-order valence-electron chi connectivity index (χ2n) is 6.89. The van der Waals surface area contributed by atoms with Crippen LogP contribution in [0.15, 0.2) is 64.6 Å². The van der Waals surface area contributed by atoms with Crippen molar-refractivity contribution in [3.8, 4) is 0 Å². The molecule has 1 aromatic heterocycles. The highest BCUT2D eigenvalue weighted by molar-refractivity contribution is 8.00. The summed E-state index contributed by atoms with van der Waals surface area (Å²) in [5.41, 5.74) is 1.62. The predicted octanol–water partition coefficient (Wildman–Crippen LogP) is 6.25. The predicted molar refractivity (Wildman–Crippen MR) is 135 cm³/mol. The third-order valence-corrected chi connectivity index (χ3v) is 7.10. The molecule has 2 aromatic carbocycles. The van der Waals surface area contributed by atoms with E-state index in [-0.39, 0.29) is 11.8 Å². The van der Waals surface area contributed by atoms with Crippen molar-refractivity contribution in [3.05, 3.63) is 60.2 Å². The number of unbranched alkanes of at least 4 members (excludes halogenated alkanes) is 1. The maximum absolute atomic E-state index is 13.2. The molecule has 0 spiro atoms. The Bertz CT molecular complexity index is 1030. The summed E-state index contributed by atoms with van der Waals surface area (Å²) in [4.78, 5) is 30.6. The summed E-state index contributed by atoms with van der Waals surface area (Å²) in [6, 6.07) is 17.2. The van der Waals surface area contributed by atoms with Crippen LogP contribution in [0, 0.1) is 0 Å². The summed E-state index contributed by atoms with van der Waals surface area (Å²) in [6.07, 6.45) is 2.34. The number of nitrogens with zero attached hydrogens (tertiary/aromatic N) is 2. The number of benzene rings is 2. The van der Waals surface area contributed by atoms with Gasteiger partial charge in [-0.1, -0.05) is 68.4 Å². The van der Waals surface area contributed by atoms with E-state index in [4.69, 9.17) is 0 Å². The van der Waals surface area contributed by atoms with Crippen LogP contribution in [0.2, 0.25) is 0 Å². The Balaban J connectivity index is 1.75. The smallest absolute Gasteiger partial charge is 0.244 e. The van der Waals surface area contributed by atoms with E-state index in [0.29, 0.717) is 16.7 Å². The molecule has 0 saturated carbocycles. The minimum atomic E-state index is -0.478. The van der Waals surface area contributed by atoms with E-state index < -0.39 is 5.25 Å². The van der Waals surface area contributed by atoms with Crippen LogP contribution >= 0.6 is 35.1 Å². The molecule has 0 aliphatic heterocycles. The molecule has 3 rings (SSSR count). The lowest BCUT2D eigenvalue weighted by Crippen LogP contribution is -2.19. The van der Waals surface area contributed by atoms with Crippen molar-refractivity contribution >= 4 is 57.7 Å². The largest absolute Gasteiger partial charge is 0.326 e. The minimum absolute atomic E-state index is 0.00313. The monoisotopic (exact) mass is 486 g/mol. The Labute approximate surface area is 201 Å². The number of hydrogen-bond donors (Lipinski definition) is 2. The van der Waals surface area contributed by atoms with Crippen molar-refractivity contribution in [3.63, 3.8) is 0 Å². The summed E-state index contributed by atoms with van der Waals surface area (Å²) in [7, 11) is 0. The molecule has 0 aliphatic rings. The highest BCUT2D eigenvalue weighted by atomic mass is 32.2. The Hall–Kier alpha value is -2.36. The van der Waals surface area contributed by atoms with E-state index in [9.17, 15) is 9.59 Å². The topological polar surface area (TPSA) is 84.0 Å². The van der Waals surface area contributed by atoms with Gasteiger partial charge in [0.2, 0.25) is 22.1 Å². The third kappa shape index (κ3) is 7.36. The van der Waals surface area contributed by atoms with E-state index >= 15 is 0 Å². The quantitative estimate of drug-likeness (QED) is 0.312. The number of carbonyl (C=O) groups is 2. The third-order valence-electron chi connectivity index (χ3n) is 4.38. The fraction of sp³-hybridized carbons (Fsp3) is 0.304. The average Bonchev–Trinajstić information content (AvgIpc) is 3.24. The van der Waals surface area contributed by atoms with Crippen LogP contribution in [0.3, 0.4) is 0 Å². The van der Waals surface area contributed by atoms with Crippen LogP contribution < -0.4 is 10.6 Å². The van der Waals surface area contributed by atoms with Crippen LogP contribution in [0.25, 0.3) is 0 Å². The van der Waals surface area contributed by atoms with E-state index in [0.717, 1.165) is 34.7 Å². The number of rotatable bonds is 11. The SMILES string of the molecule is CCCCC(=O)Nc1cccc(SC(C(=O)Nc2nc(SCC)ns2)c2ccccc2)c1. The van der Waals surface area contributed by atoms with Gasteiger partial charge in [0.25, 0.3) is 0 Å². The van der Waals surface area contributed by atoms with Gasteiger partial charge in [-0.2, -0.15) is 9.36 Å². The van der Waals surface area contributed by atoms with Crippen LogP contribution in [-0.2, 0) is 9.59 Å². The number of carbonyl (C=O) groups excluding carboxylic acids is 2. The van der Waals surface area contributed by atoms with Crippen molar-refractivity contribution in [2.75, 3.05) is 16.4 Å². The van der Waals surface area contributed by atoms with Crippen LogP contribution in [-0.4, -0.2) is 26.9 Å². The number of aromatic nitrogens is 2. The lowest BCUT2D eigenvalue weighted by atomic mass is 10.1. The van der Waals surface area contributed by atoms with Gasteiger partial charge in [-0.3, -0.25) is 14.9 Å². The first kappa shape index (κ1) is 24.3. The molecule has 1 atom stereocenters. The maximum Gasteiger partial charge on any atom is 0.244 e. The molecular formula is C23H26N4O2S3. The van der Waals surface area contributed by atoms with Gasteiger partial charge in [0.05, 0.1) is 0 Å². The van der Waals surface area contributed by atoms with E-state index in [2.05, 4.69) is 26.9 Å². The number of amides is 2. The molecule has 9 heteroatoms. The van der Waals surface area contributed by atoms with Gasteiger partial charge in [0, 0.05) is 28.5 Å². The highest BCUT2D eigenvalue weighted by Gasteiger charge is 2.23. The molecule has 168 valence electrons. The molecule has 2 amide bonds. The molecule has 6 nitrogen and oxygen atoms in total. The maximum atomic E-state index is 13.2. The van der Waals surface area contributed by atoms with E-state index in [1.54, 1.807) is 0 Å². The molecule has 0 aliphatic carbocycles. The second kappa shape index (κ2) is 12.6. The lowest BCUT2D eigenvalue weighted by molar-refractivity contribution is -0.116. The van der Waals surface area contributed by atoms with Crippen molar-refractivity contribution in [2.24, 2.45) is 0 Å². The van der Waals surface area contributed by atoms with Crippen LogP contribution in [0.1, 0.15) is 43.9 Å². The standard InChI is InChI=1S/C23H26N4O2S3/c1-3-5-14-19(28)24-17-12-9-13-18(15-17)31-20(16-10-7-6-8-11-16)21(29)25-22-26-23(27-32-22)30-4-2/h6-13,15,20H,3-5,14H2,1-2H3,(H,24,28)(H,25,26,27,29). The molecule has 0 bridgehead atoms. The minimum Gasteiger partial charge on any atom is -0.326 e. The van der Waals surface area contributed by atoms with Crippen molar-refractivity contribution in [2.45, 2.75) is 48.4 Å². The molecule has 0 radical (unpaired) electrons. The zero-order valence-electron chi connectivity index (χ0n) is 18.0. The first-order valence-corrected chi connectivity index (χ1v) is 13.1. The highest BCUT2D eigenvalue weighted by Crippen LogP contribution is 2.37. The molecule has 0 saturated heterocycles. The molecule has 2 N–H and O–H groups in total. The summed E-state index contributed by atoms with van der Waals surface area (Å²) >= 11 is 4.15. The zero-order chi connectivity index (χ0) is 22.8. The first-order chi connectivity index (χ1) is 15.6. The molecule has 32 heavy (non-hydrogen) atoms. The van der Waals surface area contributed by atoms with Gasteiger partial charge in [0.1, 0.15) is 5.25 Å². The van der Waals surface area contributed by atoms with Gasteiger partial charge < -0.3 is 5.32 Å². The summed E-state index contributed by atoms with van der Waals surface area (Å²) in [5, 5.41) is 6.54. The van der Waals surface area contributed by atoms with Gasteiger partial charge in [-0.25, -0.2) is 0 Å². The van der Waals surface area contributed by atoms with Crippen LogP contribution in [0.4, 0.5) is 10.8 Å². The van der Waals surface area contributed by atoms with E-state index in [1.807, 2.05) is 61.5 Å². The average molecular weight is 487 g/mol. The number of hydrogen-bond acceptors (Lipinski definition) is 7. The summed E-state index contributed by atoms with van der Waals surface area (Å²) in [6.45, 7) is 4.09. The molecule has 0 fully saturated rings. The summed E-state index contributed by atoms with van der Waals surface area (Å²) < 4.78 is 4.27. The lowest BCUT2D eigenvalue weighted by Gasteiger charge is -2.16. The number of thioether (sulfide) groups is 2. The van der Waals surface area contributed by atoms with Crippen molar-refractivity contribution in [1.29, 1.82) is 0 Å². The van der Waals surface area contributed by atoms with Gasteiger partial charge in [0.15, 0.2) is 0 Å². The molecule has 1 unspecified atom stereocenters. The fourth-order valence-corrected chi connectivity index (χ4v) is 5.22. The number of nitrogens with one attached hydrogen (secondary N) is 2. The van der Waals surface area contributed by atoms with Gasteiger partial charge >= 0.3 is 0 Å². The number of anilines is 2. The fourth-order valence-electron chi connectivity index (χ4n) is 2.86. The zero-order valence-corrected chi connectivity index (χ0v) is 20.5. The van der Waals surface area contributed by atoms with E-state index in [1.165, 1.54) is 35.1 Å². The first-order valence-electron chi connectivity index (χ1n) is 10.5.